The van der Waals surface area contributed by atoms with Gasteiger partial charge in [-0.15, -0.1) is 0 Å². The SMILES string of the molecule is CCCC[Si](OCC)(OCC)OC(C)(C)C. The molecule has 16 heavy (non-hydrogen) atoms. The zero-order chi connectivity index (χ0) is 12.7. The van der Waals surface area contributed by atoms with E-state index in [1.807, 2.05) is 13.8 Å². The van der Waals surface area contributed by atoms with Crippen molar-refractivity contribution in [2.75, 3.05) is 13.2 Å². The van der Waals surface area contributed by atoms with Crippen LogP contribution in [-0.2, 0) is 13.3 Å². The summed E-state index contributed by atoms with van der Waals surface area (Å²) in [4.78, 5) is 0. The van der Waals surface area contributed by atoms with Gasteiger partial charge in [-0.05, 0) is 41.0 Å². The molecule has 98 valence electrons. The van der Waals surface area contributed by atoms with Gasteiger partial charge in [0.05, 0.1) is 5.60 Å². The first kappa shape index (κ1) is 16.1. The second-order valence-electron chi connectivity index (χ2n) is 4.87. The highest BCUT2D eigenvalue weighted by Gasteiger charge is 2.43. The first-order chi connectivity index (χ1) is 7.39. The minimum atomic E-state index is -2.45. The molecule has 4 heteroatoms. The molecule has 0 amide bonds. The molecule has 0 aromatic carbocycles. The third-order valence-electron chi connectivity index (χ3n) is 2.03. The van der Waals surface area contributed by atoms with Gasteiger partial charge in [-0.1, -0.05) is 13.3 Å². The Kier molecular flexibility index (Phi) is 7.47. The van der Waals surface area contributed by atoms with E-state index in [0.717, 1.165) is 18.9 Å². The van der Waals surface area contributed by atoms with Gasteiger partial charge in [0, 0.05) is 19.3 Å². The van der Waals surface area contributed by atoms with Crippen LogP contribution >= 0.6 is 0 Å². The van der Waals surface area contributed by atoms with Crippen LogP contribution in [0.5, 0.6) is 0 Å². The summed E-state index contributed by atoms with van der Waals surface area (Å²) in [6.07, 6.45) is 2.24. The van der Waals surface area contributed by atoms with E-state index in [4.69, 9.17) is 13.3 Å². The summed E-state index contributed by atoms with van der Waals surface area (Å²) < 4.78 is 17.8. The van der Waals surface area contributed by atoms with E-state index in [9.17, 15) is 0 Å². The summed E-state index contributed by atoms with van der Waals surface area (Å²) >= 11 is 0. The van der Waals surface area contributed by atoms with Crippen LogP contribution in [0.3, 0.4) is 0 Å². The largest absolute Gasteiger partial charge is 0.501 e. The van der Waals surface area contributed by atoms with Crippen molar-refractivity contribution in [3.63, 3.8) is 0 Å². The molecule has 0 heterocycles. The fourth-order valence-electron chi connectivity index (χ4n) is 1.60. The molecule has 0 aliphatic heterocycles. The summed E-state index contributed by atoms with van der Waals surface area (Å²) in [6, 6.07) is 0.919. The van der Waals surface area contributed by atoms with Crippen molar-refractivity contribution < 1.29 is 13.3 Å². The molecule has 3 nitrogen and oxygen atoms in total. The fourth-order valence-corrected chi connectivity index (χ4v) is 4.79. The number of hydrogen-bond acceptors (Lipinski definition) is 3. The van der Waals surface area contributed by atoms with Crippen LogP contribution in [0.2, 0.25) is 6.04 Å². The number of hydrogen-bond donors (Lipinski definition) is 0. The highest BCUT2D eigenvalue weighted by atomic mass is 28.4. The lowest BCUT2D eigenvalue weighted by Crippen LogP contribution is -2.50. The molecule has 0 fully saturated rings. The predicted molar refractivity (Wildman–Crippen MR) is 69.6 cm³/mol. The second kappa shape index (κ2) is 7.43. The zero-order valence-corrected chi connectivity index (χ0v) is 12.8. The predicted octanol–water partition coefficient (Wildman–Crippen LogP) is 3.61. The van der Waals surface area contributed by atoms with E-state index in [1.165, 1.54) is 0 Å². The average molecular weight is 248 g/mol. The van der Waals surface area contributed by atoms with Crippen molar-refractivity contribution in [3.05, 3.63) is 0 Å². The monoisotopic (exact) mass is 248 g/mol. The standard InChI is InChI=1S/C12H28O3Si/c1-7-10-11-16(13-8-2,14-9-3)15-12(4,5)6/h7-11H2,1-6H3. The smallest absolute Gasteiger partial charge is 0.374 e. The van der Waals surface area contributed by atoms with Crippen LogP contribution in [0, 0.1) is 0 Å². The van der Waals surface area contributed by atoms with Crippen LogP contribution < -0.4 is 0 Å². The Balaban J connectivity index is 4.62. The molecule has 0 atom stereocenters. The Morgan fingerprint density at radius 1 is 0.938 bits per heavy atom. The molecule has 0 spiro atoms. The van der Waals surface area contributed by atoms with Crippen molar-refractivity contribution in [3.8, 4) is 0 Å². The van der Waals surface area contributed by atoms with Crippen LogP contribution in [0.1, 0.15) is 54.4 Å². The molecule has 0 unspecified atom stereocenters. The first-order valence-corrected chi connectivity index (χ1v) is 8.30. The van der Waals surface area contributed by atoms with Crippen molar-refractivity contribution in [1.29, 1.82) is 0 Å². The summed E-state index contributed by atoms with van der Waals surface area (Å²) in [5.74, 6) is 0. The van der Waals surface area contributed by atoms with Gasteiger partial charge in [0.2, 0.25) is 0 Å². The molecule has 0 aliphatic rings. The maximum atomic E-state index is 6.10. The van der Waals surface area contributed by atoms with E-state index in [-0.39, 0.29) is 5.60 Å². The molecule has 0 radical (unpaired) electrons. The Hall–Kier alpha value is 0.0969. The van der Waals surface area contributed by atoms with E-state index < -0.39 is 8.80 Å². The van der Waals surface area contributed by atoms with Gasteiger partial charge in [-0.2, -0.15) is 0 Å². The Morgan fingerprint density at radius 2 is 1.44 bits per heavy atom. The summed E-state index contributed by atoms with van der Waals surface area (Å²) in [6.45, 7) is 13.7. The van der Waals surface area contributed by atoms with Crippen molar-refractivity contribution in [2.24, 2.45) is 0 Å². The third kappa shape index (κ3) is 6.63. The minimum absolute atomic E-state index is 0.204. The van der Waals surface area contributed by atoms with Crippen LogP contribution in [-0.4, -0.2) is 27.6 Å². The maximum absolute atomic E-state index is 6.10. The van der Waals surface area contributed by atoms with Crippen molar-refractivity contribution >= 4 is 8.80 Å². The van der Waals surface area contributed by atoms with Crippen LogP contribution in [0.25, 0.3) is 0 Å². The topological polar surface area (TPSA) is 27.7 Å². The lowest BCUT2D eigenvalue weighted by atomic mass is 10.2. The molecule has 0 rings (SSSR count). The van der Waals surface area contributed by atoms with Crippen LogP contribution in [0.4, 0.5) is 0 Å². The van der Waals surface area contributed by atoms with Gasteiger partial charge in [0.1, 0.15) is 0 Å². The molecular weight excluding hydrogens is 220 g/mol. The number of rotatable bonds is 8. The van der Waals surface area contributed by atoms with Crippen molar-refractivity contribution in [1.82, 2.24) is 0 Å². The van der Waals surface area contributed by atoms with Gasteiger partial charge >= 0.3 is 8.80 Å². The summed E-state index contributed by atoms with van der Waals surface area (Å²) in [7, 11) is -2.45. The van der Waals surface area contributed by atoms with Gasteiger partial charge in [0.15, 0.2) is 0 Å². The highest BCUT2D eigenvalue weighted by molar-refractivity contribution is 6.60. The van der Waals surface area contributed by atoms with E-state index in [0.29, 0.717) is 13.2 Å². The lowest BCUT2D eigenvalue weighted by molar-refractivity contribution is -0.000814. The normalized spacial score (nSPS) is 13.1. The second-order valence-corrected chi connectivity index (χ2v) is 7.51. The molecule has 0 aromatic heterocycles. The molecule has 0 bridgehead atoms. The van der Waals surface area contributed by atoms with E-state index in [1.54, 1.807) is 0 Å². The fraction of sp³-hybridized carbons (Fsp3) is 1.00. The van der Waals surface area contributed by atoms with Crippen LogP contribution in [0.15, 0.2) is 0 Å². The van der Waals surface area contributed by atoms with E-state index >= 15 is 0 Å². The summed E-state index contributed by atoms with van der Waals surface area (Å²) in [5, 5.41) is 0. The molecule has 0 aliphatic carbocycles. The molecule has 0 aromatic rings. The van der Waals surface area contributed by atoms with Gasteiger partial charge < -0.3 is 13.3 Å². The maximum Gasteiger partial charge on any atom is 0.501 e. The molecule has 0 N–H and O–H groups in total. The number of unbranched alkanes of at least 4 members (excludes halogenated alkanes) is 1. The quantitative estimate of drug-likeness (QED) is 0.614. The first-order valence-electron chi connectivity index (χ1n) is 6.37. The lowest BCUT2D eigenvalue weighted by Gasteiger charge is -2.35. The minimum Gasteiger partial charge on any atom is -0.374 e. The van der Waals surface area contributed by atoms with Gasteiger partial charge in [-0.25, -0.2) is 0 Å². The van der Waals surface area contributed by atoms with Gasteiger partial charge in [0.25, 0.3) is 0 Å². The average Bonchev–Trinajstić information content (AvgIpc) is 2.13. The molecule has 0 saturated carbocycles. The molecule has 0 saturated heterocycles. The Labute approximate surface area is 102 Å². The highest BCUT2D eigenvalue weighted by Crippen LogP contribution is 2.25. The summed E-state index contributed by atoms with van der Waals surface area (Å²) in [5.41, 5.74) is -0.204. The Bertz CT molecular complexity index is 172. The van der Waals surface area contributed by atoms with Crippen molar-refractivity contribution in [2.45, 2.75) is 66.0 Å². The third-order valence-corrected chi connectivity index (χ3v) is 5.37. The zero-order valence-electron chi connectivity index (χ0n) is 11.8. The van der Waals surface area contributed by atoms with Gasteiger partial charge in [-0.3, -0.25) is 0 Å². The Morgan fingerprint density at radius 3 is 1.75 bits per heavy atom. The van der Waals surface area contributed by atoms with E-state index in [2.05, 4.69) is 27.7 Å². The molecular formula is C12H28O3Si.